The van der Waals surface area contributed by atoms with Gasteiger partial charge in [0.25, 0.3) is 0 Å². The Morgan fingerprint density at radius 1 is 1.47 bits per heavy atom. The summed E-state index contributed by atoms with van der Waals surface area (Å²) in [5, 5.41) is 2.96. The molecule has 0 aliphatic heterocycles. The summed E-state index contributed by atoms with van der Waals surface area (Å²) in [6.45, 7) is 6.61. The highest BCUT2D eigenvalue weighted by molar-refractivity contribution is 5.96. The molecule has 0 saturated heterocycles. The van der Waals surface area contributed by atoms with E-state index in [9.17, 15) is 4.79 Å². The smallest absolute Gasteiger partial charge is 0.230 e. The molecule has 0 heterocycles. The highest BCUT2D eigenvalue weighted by Gasteiger charge is 2.44. The summed E-state index contributed by atoms with van der Waals surface area (Å²) in [5.41, 5.74) is 1.77. The second-order valence-electron chi connectivity index (χ2n) is 4.93. The van der Waals surface area contributed by atoms with Crippen molar-refractivity contribution in [2.75, 3.05) is 11.9 Å². The van der Waals surface area contributed by atoms with Crippen LogP contribution in [-0.4, -0.2) is 12.5 Å². The van der Waals surface area contributed by atoms with Crippen LogP contribution in [-0.2, 0) is 4.79 Å². The lowest BCUT2D eigenvalue weighted by atomic mass is 10.1. The molecule has 1 aliphatic carbocycles. The summed E-state index contributed by atoms with van der Waals surface area (Å²) in [6.07, 6.45) is 1.99. The van der Waals surface area contributed by atoms with E-state index in [0.717, 1.165) is 29.8 Å². The van der Waals surface area contributed by atoms with Gasteiger partial charge in [0.1, 0.15) is 5.75 Å². The summed E-state index contributed by atoms with van der Waals surface area (Å²) in [4.78, 5) is 11.9. The van der Waals surface area contributed by atoms with Gasteiger partial charge in [-0.15, -0.1) is 0 Å². The Morgan fingerprint density at radius 2 is 2.18 bits per heavy atom. The molecule has 3 heteroatoms. The maximum absolute atomic E-state index is 11.9. The maximum Gasteiger partial charge on any atom is 0.230 e. The van der Waals surface area contributed by atoms with Crippen LogP contribution < -0.4 is 10.1 Å². The van der Waals surface area contributed by atoms with E-state index in [2.05, 4.69) is 5.32 Å². The first-order chi connectivity index (χ1) is 8.05. The molecule has 0 aromatic heterocycles. The van der Waals surface area contributed by atoms with Gasteiger partial charge >= 0.3 is 0 Å². The molecule has 1 N–H and O–H groups in total. The molecule has 1 saturated carbocycles. The fraction of sp³-hybridized carbons (Fsp3) is 0.500. The van der Waals surface area contributed by atoms with E-state index in [4.69, 9.17) is 4.74 Å². The molecule has 92 valence electrons. The van der Waals surface area contributed by atoms with Crippen LogP contribution in [0.3, 0.4) is 0 Å². The molecular weight excluding hydrogens is 214 g/mol. The van der Waals surface area contributed by atoms with Crippen LogP contribution in [0.5, 0.6) is 5.75 Å². The Hall–Kier alpha value is -1.51. The van der Waals surface area contributed by atoms with Gasteiger partial charge in [0.2, 0.25) is 5.91 Å². The molecule has 0 atom stereocenters. The average molecular weight is 233 g/mol. The molecule has 1 amide bonds. The molecule has 3 nitrogen and oxygen atoms in total. The Labute approximate surface area is 102 Å². The highest BCUT2D eigenvalue weighted by atomic mass is 16.5. The van der Waals surface area contributed by atoms with Crippen molar-refractivity contribution in [1.82, 2.24) is 0 Å². The topological polar surface area (TPSA) is 38.3 Å². The largest absolute Gasteiger partial charge is 0.494 e. The zero-order valence-corrected chi connectivity index (χ0v) is 10.7. The van der Waals surface area contributed by atoms with E-state index < -0.39 is 0 Å². The van der Waals surface area contributed by atoms with Crippen molar-refractivity contribution in [3.05, 3.63) is 23.8 Å². The Bertz CT molecular complexity index is 436. The highest BCUT2D eigenvalue weighted by Crippen LogP contribution is 2.45. The second-order valence-corrected chi connectivity index (χ2v) is 4.93. The first kappa shape index (κ1) is 12.0. The normalized spacial score (nSPS) is 16.4. The van der Waals surface area contributed by atoms with Crippen LogP contribution in [0.1, 0.15) is 32.3 Å². The van der Waals surface area contributed by atoms with E-state index in [0.29, 0.717) is 6.61 Å². The van der Waals surface area contributed by atoms with Gasteiger partial charge in [-0.1, -0.05) is 6.92 Å². The minimum absolute atomic E-state index is 0.126. The quantitative estimate of drug-likeness (QED) is 0.867. The van der Waals surface area contributed by atoms with Crippen molar-refractivity contribution in [3.8, 4) is 5.75 Å². The SMILES string of the molecule is CCOc1ccc(NC(=O)C2(C)CC2)cc1C. The average Bonchev–Trinajstić information content (AvgIpc) is 3.02. The van der Waals surface area contributed by atoms with E-state index in [1.54, 1.807) is 0 Å². The maximum atomic E-state index is 11.9. The zero-order valence-electron chi connectivity index (χ0n) is 10.7. The minimum Gasteiger partial charge on any atom is -0.494 e. The number of hydrogen-bond acceptors (Lipinski definition) is 2. The molecule has 0 spiro atoms. The number of amides is 1. The lowest BCUT2D eigenvalue weighted by Crippen LogP contribution is -2.21. The van der Waals surface area contributed by atoms with Gasteiger partial charge in [0, 0.05) is 11.1 Å². The third kappa shape index (κ3) is 2.60. The van der Waals surface area contributed by atoms with Crippen molar-refractivity contribution < 1.29 is 9.53 Å². The van der Waals surface area contributed by atoms with Gasteiger partial charge < -0.3 is 10.1 Å². The predicted molar refractivity (Wildman–Crippen MR) is 68.3 cm³/mol. The Morgan fingerprint density at radius 3 is 2.71 bits per heavy atom. The number of carbonyl (C=O) groups is 1. The number of benzene rings is 1. The third-order valence-electron chi connectivity index (χ3n) is 3.28. The van der Waals surface area contributed by atoms with Crippen molar-refractivity contribution in [2.24, 2.45) is 5.41 Å². The van der Waals surface area contributed by atoms with E-state index in [-0.39, 0.29) is 11.3 Å². The number of rotatable bonds is 4. The molecule has 1 aromatic carbocycles. The first-order valence-electron chi connectivity index (χ1n) is 6.10. The van der Waals surface area contributed by atoms with Crippen molar-refractivity contribution in [2.45, 2.75) is 33.6 Å². The Balaban J connectivity index is 2.07. The molecule has 2 rings (SSSR count). The molecule has 17 heavy (non-hydrogen) atoms. The van der Waals surface area contributed by atoms with E-state index in [1.807, 2.05) is 39.0 Å². The summed E-state index contributed by atoms with van der Waals surface area (Å²) >= 11 is 0. The standard InChI is InChI=1S/C14H19NO2/c1-4-17-12-6-5-11(9-10(12)2)15-13(16)14(3)7-8-14/h5-6,9H,4,7-8H2,1-3H3,(H,15,16). The molecule has 1 fully saturated rings. The van der Waals surface area contributed by atoms with Gasteiger partial charge in [-0.05, 0) is 50.5 Å². The van der Waals surface area contributed by atoms with Crippen LogP contribution >= 0.6 is 0 Å². The fourth-order valence-corrected chi connectivity index (χ4v) is 1.74. The van der Waals surface area contributed by atoms with Gasteiger partial charge in [0.15, 0.2) is 0 Å². The van der Waals surface area contributed by atoms with Gasteiger partial charge in [-0.3, -0.25) is 4.79 Å². The third-order valence-corrected chi connectivity index (χ3v) is 3.28. The van der Waals surface area contributed by atoms with E-state index >= 15 is 0 Å². The fourth-order valence-electron chi connectivity index (χ4n) is 1.74. The van der Waals surface area contributed by atoms with Crippen molar-refractivity contribution in [3.63, 3.8) is 0 Å². The van der Waals surface area contributed by atoms with Crippen molar-refractivity contribution in [1.29, 1.82) is 0 Å². The monoisotopic (exact) mass is 233 g/mol. The lowest BCUT2D eigenvalue weighted by molar-refractivity contribution is -0.120. The molecular formula is C14H19NO2. The van der Waals surface area contributed by atoms with Crippen LogP contribution in [0.15, 0.2) is 18.2 Å². The number of ether oxygens (including phenoxy) is 1. The number of carbonyl (C=O) groups excluding carboxylic acids is 1. The van der Waals surface area contributed by atoms with Crippen LogP contribution in [0, 0.1) is 12.3 Å². The van der Waals surface area contributed by atoms with E-state index in [1.165, 1.54) is 0 Å². The first-order valence-corrected chi connectivity index (χ1v) is 6.10. The zero-order chi connectivity index (χ0) is 12.5. The minimum atomic E-state index is -0.132. The van der Waals surface area contributed by atoms with Crippen LogP contribution in [0.4, 0.5) is 5.69 Å². The van der Waals surface area contributed by atoms with Crippen LogP contribution in [0.25, 0.3) is 0 Å². The molecule has 1 aliphatic rings. The van der Waals surface area contributed by atoms with Crippen molar-refractivity contribution >= 4 is 11.6 Å². The number of hydrogen-bond donors (Lipinski definition) is 1. The molecule has 0 unspecified atom stereocenters. The molecule has 0 bridgehead atoms. The lowest BCUT2D eigenvalue weighted by Gasteiger charge is -2.12. The summed E-state index contributed by atoms with van der Waals surface area (Å²) in [5.74, 6) is 1.00. The van der Waals surface area contributed by atoms with Gasteiger partial charge in [-0.25, -0.2) is 0 Å². The number of anilines is 1. The van der Waals surface area contributed by atoms with Gasteiger partial charge in [-0.2, -0.15) is 0 Å². The summed E-state index contributed by atoms with van der Waals surface area (Å²) in [7, 11) is 0. The Kier molecular flexibility index (Phi) is 3.09. The number of nitrogens with one attached hydrogen (secondary N) is 1. The molecule has 0 radical (unpaired) electrons. The summed E-state index contributed by atoms with van der Waals surface area (Å²) in [6, 6.07) is 5.75. The van der Waals surface area contributed by atoms with Crippen LogP contribution in [0.2, 0.25) is 0 Å². The second kappa shape index (κ2) is 4.40. The molecule has 1 aromatic rings. The predicted octanol–water partition coefficient (Wildman–Crippen LogP) is 3.13. The summed E-state index contributed by atoms with van der Waals surface area (Å²) < 4.78 is 5.46. The van der Waals surface area contributed by atoms with Gasteiger partial charge in [0.05, 0.1) is 6.61 Å². The number of aryl methyl sites for hydroxylation is 1.